The summed E-state index contributed by atoms with van der Waals surface area (Å²) < 4.78 is 1.49. The maximum absolute atomic E-state index is 11.9. The van der Waals surface area contributed by atoms with Gasteiger partial charge in [0.2, 0.25) is 5.91 Å². The molecule has 0 saturated heterocycles. The molecule has 0 bridgehead atoms. The van der Waals surface area contributed by atoms with E-state index in [-0.39, 0.29) is 11.6 Å². The Balaban J connectivity index is 1.85. The van der Waals surface area contributed by atoms with Crippen molar-refractivity contribution in [1.82, 2.24) is 9.55 Å². The highest BCUT2D eigenvalue weighted by Crippen LogP contribution is 2.17. The predicted octanol–water partition coefficient (Wildman–Crippen LogP) is 1.55. The molecule has 1 aromatic heterocycles. The standard InChI is InChI=1S/C15H18N4O2/c1-11-10-12(16)5-6-13(11)18-14(20)4-2-8-19-9-3-7-17-15(19)21/h3,5-7,9-10H,2,4,8,16H2,1H3,(H,18,20). The van der Waals surface area contributed by atoms with Gasteiger partial charge in [0.1, 0.15) is 0 Å². The van der Waals surface area contributed by atoms with Crippen molar-refractivity contribution in [2.45, 2.75) is 26.3 Å². The summed E-state index contributed by atoms with van der Waals surface area (Å²) in [5, 5.41) is 2.84. The van der Waals surface area contributed by atoms with Crippen molar-refractivity contribution in [3.8, 4) is 0 Å². The van der Waals surface area contributed by atoms with Crippen molar-refractivity contribution in [2.24, 2.45) is 0 Å². The number of carbonyl (C=O) groups excluding carboxylic acids is 1. The number of hydrogen-bond donors (Lipinski definition) is 2. The van der Waals surface area contributed by atoms with Gasteiger partial charge in [-0.2, -0.15) is 0 Å². The summed E-state index contributed by atoms with van der Waals surface area (Å²) in [6, 6.07) is 7.04. The van der Waals surface area contributed by atoms with Crippen LogP contribution in [0.15, 0.2) is 41.5 Å². The smallest absolute Gasteiger partial charge is 0.347 e. The highest BCUT2D eigenvalue weighted by Gasteiger charge is 2.05. The topological polar surface area (TPSA) is 90.0 Å². The summed E-state index contributed by atoms with van der Waals surface area (Å²) in [6.45, 7) is 2.36. The second-order valence-electron chi connectivity index (χ2n) is 4.82. The Morgan fingerprint density at radius 3 is 2.95 bits per heavy atom. The van der Waals surface area contributed by atoms with Gasteiger partial charge in [0.15, 0.2) is 0 Å². The van der Waals surface area contributed by atoms with Crippen molar-refractivity contribution in [1.29, 1.82) is 0 Å². The van der Waals surface area contributed by atoms with Crippen molar-refractivity contribution in [2.75, 3.05) is 11.1 Å². The molecule has 21 heavy (non-hydrogen) atoms. The molecule has 0 atom stereocenters. The van der Waals surface area contributed by atoms with Crippen LogP contribution in [0.3, 0.4) is 0 Å². The van der Waals surface area contributed by atoms with E-state index in [1.54, 1.807) is 24.4 Å². The third kappa shape index (κ3) is 4.17. The Kier molecular flexibility index (Phi) is 4.71. The number of aryl methyl sites for hydroxylation is 2. The lowest BCUT2D eigenvalue weighted by Gasteiger charge is -2.09. The first-order valence-electron chi connectivity index (χ1n) is 6.74. The maximum atomic E-state index is 11.9. The first kappa shape index (κ1) is 14.8. The molecule has 0 spiro atoms. The van der Waals surface area contributed by atoms with Gasteiger partial charge in [0.25, 0.3) is 0 Å². The molecule has 2 aromatic rings. The minimum Gasteiger partial charge on any atom is -0.399 e. The Hall–Kier alpha value is -2.63. The van der Waals surface area contributed by atoms with Crippen molar-refractivity contribution in [3.05, 3.63) is 52.7 Å². The fourth-order valence-corrected chi connectivity index (χ4v) is 2.01. The van der Waals surface area contributed by atoms with Gasteiger partial charge in [0.05, 0.1) is 0 Å². The molecule has 3 N–H and O–H groups in total. The molecule has 0 saturated carbocycles. The van der Waals surface area contributed by atoms with Crippen molar-refractivity contribution in [3.63, 3.8) is 0 Å². The van der Waals surface area contributed by atoms with Crippen LogP contribution in [-0.2, 0) is 11.3 Å². The molecule has 6 heteroatoms. The summed E-state index contributed by atoms with van der Waals surface area (Å²) in [5.41, 5.74) is 7.72. The van der Waals surface area contributed by atoms with Crippen LogP contribution in [0.2, 0.25) is 0 Å². The molecular formula is C15H18N4O2. The molecular weight excluding hydrogens is 268 g/mol. The quantitative estimate of drug-likeness (QED) is 0.816. The number of rotatable bonds is 5. The van der Waals surface area contributed by atoms with Crippen molar-refractivity contribution < 1.29 is 4.79 Å². The van der Waals surface area contributed by atoms with E-state index in [0.717, 1.165) is 11.3 Å². The molecule has 1 amide bonds. The van der Waals surface area contributed by atoms with Crippen LogP contribution >= 0.6 is 0 Å². The zero-order valence-corrected chi connectivity index (χ0v) is 11.9. The molecule has 0 radical (unpaired) electrons. The van der Waals surface area contributed by atoms with Gasteiger partial charge in [-0.15, -0.1) is 0 Å². The molecule has 0 aliphatic rings. The molecule has 0 aliphatic heterocycles. The van der Waals surface area contributed by atoms with Gasteiger partial charge < -0.3 is 11.1 Å². The molecule has 2 rings (SSSR count). The third-order valence-electron chi connectivity index (χ3n) is 3.11. The fourth-order valence-electron chi connectivity index (χ4n) is 2.01. The number of amides is 1. The number of hydrogen-bond acceptors (Lipinski definition) is 4. The largest absolute Gasteiger partial charge is 0.399 e. The molecule has 0 aliphatic carbocycles. The van der Waals surface area contributed by atoms with E-state index in [1.807, 2.05) is 13.0 Å². The van der Waals surface area contributed by atoms with Crippen LogP contribution in [0.5, 0.6) is 0 Å². The van der Waals surface area contributed by atoms with Crippen LogP contribution in [0.4, 0.5) is 11.4 Å². The molecule has 1 aromatic carbocycles. The number of nitrogens with one attached hydrogen (secondary N) is 1. The van der Waals surface area contributed by atoms with Gasteiger partial charge >= 0.3 is 5.69 Å². The summed E-state index contributed by atoms with van der Waals surface area (Å²) in [7, 11) is 0. The Bertz CT molecular complexity index is 694. The Morgan fingerprint density at radius 1 is 1.43 bits per heavy atom. The second kappa shape index (κ2) is 6.69. The minimum absolute atomic E-state index is 0.0835. The number of aromatic nitrogens is 2. The van der Waals surface area contributed by atoms with E-state index in [4.69, 9.17) is 5.73 Å². The normalized spacial score (nSPS) is 10.3. The van der Waals surface area contributed by atoms with Gasteiger partial charge in [-0.1, -0.05) is 0 Å². The third-order valence-corrected chi connectivity index (χ3v) is 3.11. The zero-order valence-electron chi connectivity index (χ0n) is 11.9. The molecule has 6 nitrogen and oxygen atoms in total. The van der Waals surface area contributed by atoms with E-state index in [1.165, 1.54) is 10.8 Å². The summed E-state index contributed by atoms with van der Waals surface area (Å²) >= 11 is 0. The van der Waals surface area contributed by atoms with Gasteiger partial charge in [-0.25, -0.2) is 9.78 Å². The molecule has 1 heterocycles. The van der Waals surface area contributed by atoms with E-state index >= 15 is 0 Å². The van der Waals surface area contributed by atoms with Crippen LogP contribution in [0.25, 0.3) is 0 Å². The average Bonchev–Trinajstić information content (AvgIpc) is 2.44. The summed E-state index contributed by atoms with van der Waals surface area (Å²) in [6.07, 6.45) is 4.03. The van der Waals surface area contributed by atoms with Crippen LogP contribution in [0.1, 0.15) is 18.4 Å². The van der Waals surface area contributed by atoms with Crippen LogP contribution in [0, 0.1) is 6.92 Å². The van der Waals surface area contributed by atoms with Crippen molar-refractivity contribution >= 4 is 17.3 Å². The highest BCUT2D eigenvalue weighted by atomic mass is 16.2. The average molecular weight is 286 g/mol. The van der Waals surface area contributed by atoms with E-state index in [9.17, 15) is 9.59 Å². The van der Waals surface area contributed by atoms with E-state index in [2.05, 4.69) is 10.3 Å². The highest BCUT2D eigenvalue weighted by molar-refractivity contribution is 5.91. The second-order valence-corrected chi connectivity index (χ2v) is 4.82. The van der Waals surface area contributed by atoms with Crippen LogP contribution in [-0.4, -0.2) is 15.5 Å². The maximum Gasteiger partial charge on any atom is 0.347 e. The SMILES string of the molecule is Cc1cc(N)ccc1NC(=O)CCCn1cccnc1=O. The molecule has 0 fully saturated rings. The number of benzene rings is 1. The lowest BCUT2D eigenvalue weighted by Crippen LogP contribution is -2.22. The Morgan fingerprint density at radius 2 is 2.24 bits per heavy atom. The number of anilines is 2. The van der Waals surface area contributed by atoms with Gasteiger partial charge in [-0.3, -0.25) is 9.36 Å². The Labute approximate surface area is 122 Å². The summed E-state index contributed by atoms with van der Waals surface area (Å²) in [4.78, 5) is 26.9. The zero-order chi connectivity index (χ0) is 15.2. The summed E-state index contributed by atoms with van der Waals surface area (Å²) in [5.74, 6) is -0.0835. The van der Waals surface area contributed by atoms with E-state index in [0.29, 0.717) is 25.1 Å². The lowest BCUT2D eigenvalue weighted by molar-refractivity contribution is -0.116. The first-order chi connectivity index (χ1) is 10.1. The van der Waals surface area contributed by atoms with Crippen LogP contribution < -0.4 is 16.7 Å². The number of nitrogen functional groups attached to an aromatic ring is 1. The fraction of sp³-hybridized carbons (Fsp3) is 0.267. The molecule has 110 valence electrons. The first-order valence-corrected chi connectivity index (χ1v) is 6.74. The predicted molar refractivity (Wildman–Crippen MR) is 82.0 cm³/mol. The van der Waals surface area contributed by atoms with Gasteiger partial charge in [0, 0.05) is 36.7 Å². The molecule has 0 unspecified atom stereocenters. The number of nitrogens with zero attached hydrogens (tertiary/aromatic N) is 2. The lowest BCUT2D eigenvalue weighted by atomic mass is 10.1. The van der Waals surface area contributed by atoms with E-state index < -0.39 is 0 Å². The number of carbonyl (C=O) groups is 1. The monoisotopic (exact) mass is 286 g/mol. The number of nitrogens with two attached hydrogens (primary N) is 1. The van der Waals surface area contributed by atoms with Gasteiger partial charge in [-0.05, 0) is 43.2 Å². The minimum atomic E-state index is -0.299.